The van der Waals surface area contributed by atoms with Crippen molar-refractivity contribution in [1.29, 1.82) is 0 Å². The van der Waals surface area contributed by atoms with E-state index < -0.39 is 7.25 Å². The van der Waals surface area contributed by atoms with Crippen molar-refractivity contribution in [1.82, 2.24) is 0 Å². The van der Waals surface area contributed by atoms with Gasteiger partial charge in [-0.1, -0.05) is 38.5 Å². The second-order valence-corrected chi connectivity index (χ2v) is 4.95. The summed E-state index contributed by atoms with van der Waals surface area (Å²) in [6.45, 7) is 0. The Morgan fingerprint density at radius 2 is 1.10 bits per heavy atom. The van der Waals surface area contributed by atoms with Gasteiger partial charge in [0.15, 0.2) is 0 Å². The van der Waals surface area contributed by atoms with E-state index in [2.05, 4.69) is 24.3 Å². The Bertz CT molecular complexity index is 392. The Morgan fingerprint density at radius 1 is 0.750 bits per heavy atom. The molecule has 2 saturated carbocycles. The van der Waals surface area contributed by atoms with E-state index in [-0.39, 0.29) is 19.5 Å². The number of halogens is 4. The second-order valence-electron chi connectivity index (χ2n) is 4.95. The molecule has 0 unspecified atom stereocenters. The molecule has 0 aromatic heterocycles. The standard InChI is InChI=1S/2C7H7.BF4.Rh/c2*1-2-7-4-3-6(1)5-7;2-1(3,4)5;/h2*1H,3-5H2;;/q3*-1;+3. The molecule has 0 heterocycles. The molecule has 0 spiro atoms. The van der Waals surface area contributed by atoms with Crippen LogP contribution in [0.4, 0.5) is 17.3 Å². The van der Waals surface area contributed by atoms with Crippen molar-refractivity contribution in [3.8, 4) is 0 Å². The summed E-state index contributed by atoms with van der Waals surface area (Å²) in [5, 5.41) is 0. The molecule has 6 heteroatoms. The summed E-state index contributed by atoms with van der Waals surface area (Å²) in [6.07, 6.45) is 18.4. The molecule has 0 N–H and O–H groups in total. The molecule has 4 bridgehead atoms. The van der Waals surface area contributed by atoms with Crippen LogP contribution in [0.15, 0.2) is 34.4 Å². The van der Waals surface area contributed by atoms with Gasteiger partial charge in [-0.15, -0.1) is 0 Å². The molecule has 4 aliphatic carbocycles. The van der Waals surface area contributed by atoms with Crippen LogP contribution >= 0.6 is 0 Å². The monoisotopic (exact) mass is 372 g/mol. The van der Waals surface area contributed by atoms with Crippen LogP contribution in [0.2, 0.25) is 0 Å². The van der Waals surface area contributed by atoms with E-state index in [1.54, 1.807) is 11.1 Å². The summed E-state index contributed by atoms with van der Waals surface area (Å²) in [7, 11) is -6.00. The summed E-state index contributed by atoms with van der Waals surface area (Å²) < 4.78 is 39.0. The first-order valence-corrected chi connectivity index (χ1v) is 6.36. The maximum Gasteiger partial charge on any atom is 3.00 e. The minimum absolute atomic E-state index is 0. The van der Waals surface area contributed by atoms with Crippen LogP contribution in [0.3, 0.4) is 0 Å². The van der Waals surface area contributed by atoms with Crippen molar-refractivity contribution >= 4 is 7.25 Å². The molecule has 4 aliphatic rings. The van der Waals surface area contributed by atoms with Crippen LogP contribution in [0.5, 0.6) is 0 Å². The minimum Gasteiger partial charge on any atom is -0.418 e. The molecule has 0 saturated heterocycles. The molecule has 0 aromatic rings. The molecule has 0 aromatic carbocycles. The Hall–Kier alpha value is -0.632. The van der Waals surface area contributed by atoms with Gasteiger partial charge >= 0.3 is 26.7 Å². The van der Waals surface area contributed by atoms with Gasteiger partial charge in [0.25, 0.3) is 0 Å². The topological polar surface area (TPSA) is 0 Å². The molecule has 0 amide bonds. The normalized spacial score (nSPS) is 20.6. The van der Waals surface area contributed by atoms with Gasteiger partial charge in [0.2, 0.25) is 0 Å². The van der Waals surface area contributed by atoms with Crippen molar-refractivity contribution in [2.24, 2.45) is 0 Å². The van der Waals surface area contributed by atoms with Crippen molar-refractivity contribution in [3.05, 3.63) is 46.6 Å². The summed E-state index contributed by atoms with van der Waals surface area (Å²) in [5.41, 5.74) is 6.23. The SMILES string of the molecule is F[B-](F)(F)F.[C-]1=C2CCC(=C1)C2.[C-]1=C2CCC(=C1)C2.[Rh+3]. The van der Waals surface area contributed by atoms with Crippen LogP contribution in [0.1, 0.15) is 38.5 Å². The van der Waals surface area contributed by atoms with Gasteiger partial charge in [0.1, 0.15) is 0 Å². The van der Waals surface area contributed by atoms with E-state index in [0.29, 0.717) is 0 Å². The van der Waals surface area contributed by atoms with Crippen LogP contribution in [0.25, 0.3) is 0 Å². The predicted molar refractivity (Wildman–Crippen MR) is 67.6 cm³/mol. The zero-order valence-corrected chi connectivity index (χ0v) is 12.5. The second kappa shape index (κ2) is 7.40. The zero-order chi connectivity index (χ0) is 13.9. The van der Waals surface area contributed by atoms with Crippen molar-refractivity contribution in [2.45, 2.75) is 38.5 Å². The number of hydrogen-bond acceptors (Lipinski definition) is 0. The average molecular weight is 372 g/mol. The van der Waals surface area contributed by atoms with Crippen molar-refractivity contribution in [2.75, 3.05) is 0 Å². The fourth-order valence-corrected chi connectivity index (χ4v) is 2.43. The van der Waals surface area contributed by atoms with Crippen LogP contribution in [0, 0.1) is 12.2 Å². The maximum atomic E-state index is 9.75. The van der Waals surface area contributed by atoms with E-state index in [4.69, 9.17) is 0 Å². The molecule has 110 valence electrons. The first-order chi connectivity index (χ1) is 8.90. The molecule has 0 nitrogen and oxygen atoms in total. The summed E-state index contributed by atoms with van der Waals surface area (Å²) >= 11 is 0. The molecule has 0 atom stereocenters. The quantitative estimate of drug-likeness (QED) is 0.320. The number of allylic oxidation sites excluding steroid dienone is 8. The first-order valence-electron chi connectivity index (χ1n) is 6.36. The minimum atomic E-state index is -6.00. The van der Waals surface area contributed by atoms with Crippen molar-refractivity contribution < 1.29 is 36.7 Å². The van der Waals surface area contributed by atoms with Gasteiger partial charge in [0, 0.05) is 0 Å². The van der Waals surface area contributed by atoms with Gasteiger partial charge in [-0.3, -0.25) is 12.2 Å². The molecule has 0 radical (unpaired) electrons. The Balaban J connectivity index is 0.000000150. The van der Waals surface area contributed by atoms with Crippen LogP contribution in [-0.4, -0.2) is 7.25 Å². The molecule has 2 fully saturated rings. The number of rotatable bonds is 0. The van der Waals surface area contributed by atoms with E-state index >= 15 is 0 Å². The Kier molecular flexibility index (Phi) is 6.44. The van der Waals surface area contributed by atoms with Gasteiger partial charge < -0.3 is 17.3 Å². The van der Waals surface area contributed by atoms with E-state index in [1.807, 2.05) is 0 Å². The first kappa shape index (κ1) is 17.4. The Labute approximate surface area is 129 Å². The zero-order valence-electron chi connectivity index (χ0n) is 10.8. The van der Waals surface area contributed by atoms with Crippen LogP contribution < -0.4 is 0 Å². The van der Waals surface area contributed by atoms with Gasteiger partial charge in [-0.25, -0.2) is 23.3 Å². The number of hydrogen-bond donors (Lipinski definition) is 0. The fraction of sp³-hybridized carbons (Fsp3) is 0.429. The summed E-state index contributed by atoms with van der Waals surface area (Å²) in [6, 6.07) is 0. The molecule has 0 aliphatic heterocycles. The van der Waals surface area contributed by atoms with Crippen LogP contribution in [-0.2, 0) is 19.5 Å². The fourth-order valence-electron chi connectivity index (χ4n) is 2.43. The van der Waals surface area contributed by atoms with Crippen molar-refractivity contribution in [3.63, 3.8) is 0 Å². The van der Waals surface area contributed by atoms with Gasteiger partial charge in [-0.05, 0) is 0 Å². The summed E-state index contributed by atoms with van der Waals surface area (Å²) in [4.78, 5) is 0. The smallest absolute Gasteiger partial charge is 0.418 e. The molecule has 20 heavy (non-hydrogen) atoms. The largest absolute Gasteiger partial charge is 3.00 e. The number of fused-ring (bicyclic) bond motifs is 4. The maximum absolute atomic E-state index is 9.75. The third-order valence-electron chi connectivity index (χ3n) is 3.34. The third-order valence-corrected chi connectivity index (χ3v) is 3.34. The predicted octanol–water partition coefficient (Wildman–Crippen LogP) is 4.98. The molecular formula is C14H14BF4Rh. The summed E-state index contributed by atoms with van der Waals surface area (Å²) in [5.74, 6) is 0. The van der Waals surface area contributed by atoms with E-state index in [0.717, 1.165) is 0 Å². The van der Waals surface area contributed by atoms with Gasteiger partial charge in [0.05, 0.1) is 0 Å². The van der Waals surface area contributed by atoms with E-state index in [1.165, 1.54) is 49.7 Å². The third kappa shape index (κ3) is 6.21. The van der Waals surface area contributed by atoms with E-state index in [9.17, 15) is 17.3 Å². The Morgan fingerprint density at radius 3 is 1.15 bits per heavy atom. The van der Waals surface area contributed by atoms with Gasteiger partial charge in [-0.2, -0.15) is 11.1 Å². The molecular weight excluding hydrogens is 358 g/mol. The molecule has 4 rings (SSSR count). The average Bonchev–Trinajstić information content (AvgIpc) is 3.10.